The van der Waals surface area contributed by atoms with Crippen LogP contribution in [0.2, 0.25) is 5.02 Å². The van der Waals surface area contributed by atoms with Crippen molar-refractivity contribution in [2.24, 2.45) is 7.05 Å². The summed E-state index contributed by atoms with van der Waals surface area (Å²) in [6.45, 7) is 2.02. The maximum Gasteiger partial charge on any atom is 0.271 e. The van der Waals surface area contributed by atoms with Crippen molar-refractivity contribution in [3.63, 3.8) is 0 Å². The highest BCUT2D eigenvalue weighted by Gasteiger charge is 2.16. The molecule has 158 valence electrons. The van der Waals surface area contributed by atoms with Crippen molar-refractivity contribution in [1.82, 2.24) is 9.55 Å². The van der Waals surface area contributed by atoms with Gasteiger partial charge in [0.05, 0.1) is 22.0 Å². The average Bonchev–Trinajstić information content (AvgIpc) is 3.16. The first-order valence-corrected chi connectivity index (χ1v) is 11.5. The molecule has 1 amide bonds. The van der Waals surface area contributed by atoms with Crippen molar-refractivity contribution in [2.75, 3.05) is 11.1 Å². The van der Waals surface area contributed by atoms with E-state index >= 15 is 0 Å². The van der Waals surface area contributed by atoms with Crippen molar-refractivity contribution < 1.29 is 9.18 Å². The van der Waals surface area contributed by atoms with E-state index in [-0.39, 0.29) is 22.2 Å². The lowest BCUT2D eigenvalue weighted by Crippen LogP contribution is -2.20. The van der Waals surface area contributed by atoms with E-state index in [9.17, 15) is 14.0 Å². The summed E-state index contributed by atoms with van der Waals surface area (Å²) in [7, 11) is 1.64. The number of nitrogens with zero attached hydrogens (tertiary/aromatic N) is 2. The number of nitrogens with one attached hydrogen (secondary N) is 1. The highest BCUT2D eigenvalue weighted by Crippen LogP contribution is 2.32. The van der Waals surface area contributed by atoms with Crippen molar-refractivity contribution >= 4 is 56.5 Å². The quantitative estimate of drug-likeness (QED) is 0.307. The van der Waals surface area contributed by atoms with Crippen LogP contribution < -0.4 is 10.9 Å². The van der Waals surface area contributed by atoms with Gasteiger partial charge in [-0.2, -0.15) is 0 Å². The summed E-state index contributed by atoms with van der Waals surface area (Å²) in [5.74, 6) is -0.800. The van der Waals surface area contributed by atoms with Crippen LogP contribution in [-0.2, 0) is 11.8 Å². The third-order valence-electron chi connectivity index (χ3n) is 4.66. The number of halogens is 2. The van der Waals surface area contributed by atoms with Crippen LogP contribution in [0.15, 0.2) is 57.8 Å². The molecule has 0 atom stereocenters. The van der Waals surface area contributed by atoms with E-state index < -0.39 is 5.82 Å². The Morgan fingerprint density at radius 2 is 2.00 bits per heavy atom. The standard InChI is InChI=1S/C22H17ClFN3O2S2/c1-12-3-5-13(6-4-12)15-10-30-20-19(15)26-22(27(2)21(20)29)31-11-18(28)25-17-8-7-14(24)9-16(17)23/h3-10H,11H2,1-2H3,(H,25,28). The monoisotopic (exact) mass is 473 g/mol. The predicted molar refractivity (Wildman–Crippen MR) is 126 cm³/mol. The Bertz CT molecular complexity index is 1350. The minimum Gasteiger partial charge on any atom is -0.324 e. The third kappa shape index (κ3) is 4.51. The average molecular weight is 474 g/mol. The van der Waals surface area contributed by atoms with Gasteiger partial charge in [-0.25, -0.2) is 9.37 Å². The molecule has 0 aliphatic rings. The summed E-state index contributed by atoms with van der Waals surface area (Å²) in [5, 5.41) is 5.13. The number of thioether (sulfide) groups is 1. The second-order valence-corrected chi connectivity index (χ2v) is 9.14. The minimum atomic E-state index is -0.481. The SMILES string of the molecule is Cc1ccc(-c2csc3c(=O)n(C)c(SCC(=O)Nc4ccc(F)cc4Cl)nc23)cc1. The summed E-state index contributed by atoms with van der Waals surface area (Å²) in [4.78, 5) is 29.9. The van der Waals surface area contributed by atoms with Gasteiger partial charge in [-0.3, -0.25) is 14.2 Å². The zero-order valence-electron chi connectivity index (χ0n) is 16.6. The number of rotatable bonds is 5. The molecule has 2 aromatic heterocycles. The molecule has 0 fully saturated rings. The van der Waals surface area contributed by atoms with Crippen LogP contribution in [0.3, 0.4) is 0 Å². The fourth-order valence-electron chi connectivity index (χ4n) is 3.00. The highest BCUT2D eigenvalue weighted by molar-refractivity contribution is 7.99. The first-order chi connectivity index (χ1) is 14.8. The number of fused-ring (bicyclic) bond motifs is 1. The fourth-order valence-corrected chi connectivity index (χ4v) is 4.97. The maximum absolute atomic E-state index is 13.2. The van der Waals surface area contributed by atoms with Gasteiger partial charge < -0.3 is 5.32 Å². The van der Waals surface area contributed by atoms with Crippen LogP contribution in [0.1, 0.15) is 5.56 Å². The van der Waals surface area contributed by atoms with E-state index in [1.165, 1.54) is 28.0 Å². The number of anilines is 1. The van der Waals surface area contributed by atoms with Crippen molar-refractivity contribution in [1.29, 1.82) is 0 Å². The van der Waals surface area contributed by atoms with E-state index in [4.69, 9.17) is 11.6 Å². The Morgan fingerprint density at radius 1 is 1.26 bits per heavy atom. The van der Waals surface area contributed by atoms with E-state index in [1.54, 1.807) is 7.05 Å². The van der Waals surface area contributed by atoms with Gasteiger partial charge in [0.25, 0.3) is 5.56 Å². The molecule has 0 radical (unpaired) electrons. The van der Waals surface area contributed by atoms with Crippen LogP contribution >= 0.6 is 34.7 Å². The van der Waals surface area contributed by atoms with Gasteiger partial charge in [0, 0.05) is 18.0 Å². The predicted octanol–water partition coefficient (Wildman–Crippen LogP) is 5.49. The number of aryl methyl sites for hydroxylation is 1. The van der Waals surface area contributed by atoms with Crippen LogP contribution in [0.5, 0.6) is 0 Å². The Balaban J connectivity index is 1.59. The Morgan fingerprint density at radius 3 is 2.71 bits per heavy atom. The molecule has 0 aliphatic heterocycles. The molecule has 9 heteroatoms. The first kappa shape index (κ1) is 21.5. The van der Waals surface area contributed by atoms with Crippen molar-refractivity contribution in [3.05, 3.63) is 74.6 Å². The molecule has 0 saturated carbocycles. The number of carbonyl (C=O) groups excluding carboxylic acids is 1. The lowest BCUT2D eigenvalue weighted by Gasteiger charge is -2.09. The van der Waals surface area contributed by atoms with E-state index in [0.29, 0.717) is 21.1 Å². The van der Waals surface area contributed by atoms with Crippen molar-refractivity contribution in [2.45, 2.75) is 12.1 Å². The Hall–Kier alpha value is -2.68. The molecule has 2 aromatic carbocycles. The van der Waals surface area contributed by atoms with Gasteiger partial charge in [-0.15, -0.1) is 11.3 Å². The number of carbonyl (C=O) groups is 1. The number of hydrogen-bond acceptors (Lipinski definition) is 5. The zero-order valence-corrected chi connectivity index (χ0v) is 19.0. The van der Waals surface area contributed by atoms with Gasteiger partial charge in [-0.1, -0.05) is 53.2 Å². The van der Waals surface area contributed by atoms with E-state index in [0.717, 1.165) is 34.5 Å². The van der Waals surface area contributed by atoms with Crippen LogP contribution in [0.25, 0.3) is 21.3 Å². The maximum atomic E-state index is 13.2. The van der Waals surface area contributed by atoms with Crippen molar-refractivity contribution in [3.8, 4) is 11.1 Å². The normalized spacial score (nSPS) is 11.1. The number of aromatic nitrogens is 2. The topological polar surface area (TPSA) is 64.0 Å². The molecule has 5 nitrogen and oxygen atoms in total. The molecule has 0 aliphatic carbocycles. The molecule has 2 heterocycles. The Labute approximate surface area is 190 Å². The lowest BCUT2D eigenvalue weighted by atomic mass is 10.1. The number of benzene rings is 2. The molecule has 0 bridgehead atoms. The molecule has 4 aromatic rings. The number of hydrogen-bond donors (Lipinski definition) is 1. The van der Waals surface area contributed by atoms with Crippen LogP contribution in [0, 0.1) is 12.7 Å². The third-order valence-corrected chi connectivity index (χ3v) is 6.96. The summed E-state index contributed by atoms with van der Waals surface area (Å²) in [5.41, 5.74) is 3.82. The largest absolute Gasteiger partial charge is 0.324 e. The Kier molecular flexibility index (Phi) is 6.13. The van der Waals surface area contributed by atoms with Gasteiger partial charge in [0.1, 0.15) is 10.5 Å². The summed E-state index contributed by atoms with van der Waals surface area (Å²) in [6.07, 6.45) is 0. The molecule has 1 N–H and O–H groups in total. The summed E-state index contributed by atoms with van der Waals surface area (Å²) < 4.78 is 15.2. The lowest BCUT2D eigenvalue weighted by molar-refractivity contribution is -0.113. The highest BCUT2D eigenvalue weighted by atomic mass is 35.5. The van der Waals surface area contributed by atoms with Gasteiger partial charge >= 0.3 is 0 Å². The van der Waals surface area contributed by atoms with Crippen LogP contribution in [0.4, 0.5) is 10.1 Å². The number of thiophene rings is 1. The number of amides is 1. The zero-order chi connectivity index (χ0) is 22.1. The molecule has 0 saturated heterocycles. The smallest absolute Gasteiger partial charge is 0.271 e. The molecular weight excluding hydrogens is 457 g/mol. The molecule has 0 spiro atoms. The minimum absolute atomic E-state index is 0.0174. The van der Waals surface area contributed by atoms with Crippen LogP contribution in [-0.4, -0.2) is 21.2 Å². The summed E-state index contributed by atoms with van der Waals surface area (Å²) >= 11 is 8.47. The van der Waals surface area contributed by atoms with E-state index in [1.807, 2.05) is 36.6 Å². The van der Waals surface area contributed by atoms with Gasteiger partial charge in [0.2, 0.25) is 5.91 Å². The van der Waals surface area contributed by atoms with Gasteiger partial charge in [0.15, 0.2) is 5.16 Å². The van der Waals surface area contributed by atoms with E-state index in [2.05, 4.69) is 10.3 Å². The molecule has 4 rings (SSSR count). The van der Waals surface area contributed by atoms with Gasteiger partial charge in [-0.05, 0) is 30.7 Å². The second kappa shape index (κ2) is 8.82. The molecular formula is C22H17ClFN3O2S2. The fraction of sp³-hybridized carbons (Fsp3) is 0.136. The summed E-state index contributed by atoms with van der Waals surface area (Å²) in [6, 6.07) is 11.8. The first-order valence-electron chi connectivity index (χ1n) is 9.26. The molecule has 31 heavy (non-hydrogen) atoms. The molecule has 0 unspecified atom stereocenters. The second-order valence-electron chi connectivity index (χ2n) is 6.91.